The van der Waals surface area contributed by atoms with Gasteiger partial charge in [-0.3, -0.25) is 9.59 Å². The predicted octanol–water partition coefficient (Wildman–Crippen LogP) is 0.732. The molecule has 0 N–H and O–H groups in total. The van der Waals surface area contributed by atoms with Crippen molar-refractivity contribution in [2.75, 3.05) is 38.8 Å². The Morgan fingerprint density at radius 1 is 1.33 bits per heavy atom. The minimum Gasteiger partial charge on any atom is -0.496 e. The largest absolute Gasteiger partial charge is 0.496 e. The van der Waals surface area contributed by atoms with Gasteiger partial charge >= 0.3 is 0 Å². The van der Waals surface area contributed by atoms with Gasteiger partial charge in [0.05, 0.1) is 24.5 Å². The molecule has 1 aromatic rings. The van der Waals surface area contributed by atoms with Crippen LogP contribution in [0.3, 0.4) is 0 Å². The van der Waals surface area contributed by atoms with E-state index >= 15 is 0 Å². The molecule has 2 aliphatic rings. The highest BCUT2D eigenvalue weighted by Crippen LogP contribution is 2.25. The summed E-state index contributed by atoms with van der Waals surface area (Å²) < 4.78 is 28.6. The molecule has 0 bridgehead atoms. The number of ether oxygens (including phenoxy) is 1. The lowest BCUT2D eigenvalue weighted by atomic mass is 10.1. The number of rotatable bonds is 6. The molecule has 8 heteroatoms. The van der Waals surface area contributed by atoms with Crippen LogP contribution in [-0.4, -0.2) is 74.8 Å². The van der Waals surface area contributed by atoms with Gasteiger partial charge in [0.1, 0.15) is 5.75 Å². The average Bonchev–Trinajstić information content (AvgIpc) is 3.20. The highest BCUT2D eigenvalue weighted by molar-refractivity contribution is 7.91. The monoisotopic (exact) mass is 394 g/mol. The van der Waals surface area contributed by atoms with Crippen LogP contribution in [-0.2, 0) is 25.8 Å². The van der Waals surface area contributed by atoms with E-state index < -0.39 is 15.8 Å². The maximum Gasteiger partial charge on any atom is 0.228 e. The first-order valence-corrected chi connectivity index (χ1v) is 11.0. The molecule has 2 fully saturated rings. The van der Waals surface area contributed by atoms with Crippen LogP contribution in [0.2, 0.25) is 0 Å². The van der Waals surface area contributed by atoms with E-state index in [2.05, 4.69) is 0 Å². The maximum absolute atomic E-state index is 12.7. The molecule has 3 rings (SSSR count). The molecule has 0 aromatic heterocycles. The topological polar surface area (TPSA) is 84.0 Å². The Bertz CT molecular complexity index is 823. The molecule has 2 saturated heterocycles. The zero-order valence-corrected chi connectivity index (χ0v) is 16.6. The molecule has 27 heavy (non-hydrogen) atoms. The second-order valence-electron chi connectivity index (χ2n) is 7.31. The van der Waals surface area contributed by atoms with Gasteiger partial charge < -0.3 is 14.5 Å². The SMILES string of the molecule is COc1ccccc1CCN1CC(C(=O)N(C)C2CCS(=O)(=O)C2)CC1=O. The van der Waals surface area contributed by atoms with E-state index in [0.717, 1.165) is 11.3 Å². The Labute approximate surface area is 160 Å². The third-order valence-corrected chi connectivity index (χ3v) is 7.26. The van der Waals surface area contributed by atoms with Crippen molar-refractivity contribution in [2.24, 2.45) is 5.92 Å². The summed E-state index contributed by atoms with van der Waals surface area (Å²) in [5.74, 6) is 0.375. The lowest BCUT2D eigenvalue weighted by Crippen LogP contribution is -2.42. The maximum atomic E-state index is 12.7. The fourth-order valence-corrected chi connectivity index (χ4v) is 5.64. The lowest BCUT2D eigenvalue weighted by Gasteiger charge is -2.26. The number of carbonyl (C=O) groups excluding carboxylic acids is 2. The van der Waals surface area contributed by atoms with Crippen LogP contribution in [0.5, 0.6) is 5.75 Å². The van der Waals surface area contributed by atoms with Crippen molar-refractivity contribution >= 4 is 21.7 Å². The normalized spacial score (nSPS) is 24.2. The first-order chi connectivity index (χ1) is 12.8. The minimum absolute atomic E-state index is 0.0213. The molecular formula is C19H26N2O5S. The zero-order valence-electron chi connectivity index (χ0n) is 15.8. The Balaban J connectivity index is 1.57. The first kappa shape index (κ1) is 19.7. The number of nitrogens with zero attached hydrogens (tertiary/aromatic N) is 2. The first-order valence-electron chi connectivity index (χ1n) is 9.17. The summed E-state index contributed by atoms with van der Waals surface area (Å²) in [6.07, 6.45) is 1.32. The molecule has 0 radical (unpaired) electrons. The number of sulfone groups is 1. The molecule has 2 unspecified atom stereocenters. The van der Waals surface area contributed by atoms with Gasteiger partial charge in [-0.1, -0.05) is 18.2 Å². The summed E-state index contributed by atoms with van der Waals surface area (Å²) in [5, 5.41) is 0. The van der Waals surface area contributed by atoms with Crippen molar-refractivity contribution in [1.29, 1.82) is 0 Å². The zero-order chi connectivity index (χ0) is 19.6. The van der Waals surface area contributed by atoms with Gasteiger partial charge in [0.25, 0.3) is 0 Å². The van der Waals surface area contributed by atoms with Gasteiger partial charge in [-0.2, -0.15) is 0 Å². The Morgan fingerprint density at radius 3 is 2.74 bits per heavy atom. The van der Waals surface area contributed by atoms with Crippen LogP contribution in [0.1, 0.15) is 18.4 Å². The Kier molecular flexibility index (Phi) is 5.74. The summed E-state index contributed by atoms with van der Waals surface area (Å²) in [6, 6.07) is 7.41. The van der Waals surface area contributed by atoms with Crippen molar-refractivity contribution < 1.29 is 22.7 Å². The molecule has 7 nitrogen and oxygen atoms in total. The summed E-state index contributed by atoms with van der Waals surface area (Å²) in [7, 11) is 0.219. The van der Waals surface area contributed by atoms with Crippen LogP contribution < -0.4 is 4.74 Å². The molecule has 2 heterocycles. The summed E-state index contributed by atoms with van der Waals surface area (Å²) in [6.45, 7) is 0.918. The standard InChI is InChI=1S/C19H26N2O5S/c1-20(16-8-10-27(24,25)13-16)19(23)15-11-18(22)21(12-15)9-7-14-5-3-4-6-17(14)26-2/h3-6,15-16H,7-13H2,1-2H3. The van der Waals surface area contributed by atoms with Crippen molar-refractivity contribution in [3.05, 3.63) is 29.8 Å². The highest BCUT2D eigenvalue weighted by Gasteiger charge is 2.39. The quantitative estimate of drug-likeness (QED) is 0.710. The van der Waals surface area contributed by atoms with E-state index in [-0.39, 0.29) is 35.8 Å². The van der Waals surface area contributed by atoms with Crippen LogP contribution in [0.15, 0.2) is 24.3 Å². The number of amides is 2. The fraction of sp³-hybridized carbons (Fsp3) is 0.579. The Morgan fingerprint density at radius 2 is 2.07 bits per heavy atom. The number of likely N-dealkylation sites (tertiary alicyclic amines) is 1. The van der Waals surface area contributed by atoms with E-state index in [1.807, 2.05) is 24.3 Å². The van der Waals surface area contributed by atoms with E-state index in [1.165, 1.54) is 4.90 Å². The second kappa shape index (κ2) is 7.88. The highest BCUT2D eigenvalue weighted by atomic mass is 32.2. The number of benzene rings is 1. The fourth-order valence-electron chi connectivity index (χ4n) is 3.87. The minimum atomic E-state index is -3.05. The third-order valence-electron chi connectivity index (χ3n) is 5.51. The number of hydrogen-bond donors (Lipinski definition) is 0. The molecule has 2 atom stereocenters. The van der Waals surface area contributed by atoms with Gasteiger partial charge in [-0.25, -0.2) is 8.42 Å². The summed E-state index contributed by atoms with van der Waals surface area (Å²) in [4.78, 5) is 28.3. The smallest absolute Gasteiger partial charge is 0.228 e. The van der Waals surface area contributed by atoms with E-state index in [9.17, 15) is 18.0 Å². The van der Waals surface area contributed by atoms with Gasteiger partial charge in [0.15, 0.2) is 9.84 Å². The number of hydrogen-bond acceptors (Lipinski definition) is 5. The van der Waals surface area contributed by atoms with Crippen LogP contribution in [0.25, 0.3) is 0 Å². The predicted molar refractivity (Wildman–Crippen MR) is 101 cm³/mol. The second-order valence-corrected chi connectivity index (χ2v) is 9.54. The van der Waals surface area contributed by atoms with Gasteiger partial charge in [0, 0.05) is 32.6 Å². The molecule has 0 aliphatic carbocycles. The molecule has 0 saturated carbocycles. The van der Waals surface area contributed by atoms with Crippen molar-refractivity contribution in [3.8, 4) is 5.75 Å². The van der Waals surface area contributed by atoms with E-state index in [0.29, 0.717) is 25.9 Å². The van der Waals surface area contributed by atoms with Gasteiger partial charge in [0.2, 0.25) is 11.8 Å². The number of methoxy groups -OCH3 is 1. The van der Waals surface area contributed by atoms with Gasteiger partial charge in [-0.05, 0) is 24.5 Å². The molecule has 2 amide bonds. The van der Waals surface area contributed by atoms with Gasteiger partial charge in [-0.15, -0.1) is 0 Å². The summed E-state index contributed by atoms with van der Waals surface area (Å²) in [5.41, 5.74) is 1.02. The van der Waals surface area contributed by atoms with E-state index in [1.54, 1.807) is 19.1 Å². The van der Waals surface area contributed by atoms with Crippen molar-refractivity contribution in [3.63, 3.8) is 0 Å². The molecule has 0 spiro atoms. The number of carbonyl (C=O) groups is 2. The van der Waals surface area contributed by atoms with Crippen molar-refractivity contribution in [1.82, 2.24) is 9.80 Å². The van der Waals surface area contributed by atoms with E-state index in [4.69, 9.17) is 4.74 Å². The third kappa shape index (κ3) is 4.43. The molecule has 148 valence electrons. The molecule has 1 aromatic carbocycles. The average molecular weight is 394 g/mol. The van der Waals surface area contributed by atoms with Crippen LogP contribution in [0, 0.1) is 5.92 Å². The lowest BCUT2D eigenvalue weighted by molar-refractivity contribution is -0.136. The molecule has 2 aliphatic heterocycles. The summed E-state index contributed by atoms with van der Waals surface area (Å²) >= 11 is 0. The number of para-hydroxylation sites is 1. The van der Waals surface area contributed by atoms with Crippen LogP contribution in [0.4, 0.5) is 0 Å². The van der Waals surface area contributed by atoms with Crippen molar-refractivity contribution in [2.45, 2.75) is 25.3 Å². The Hall–Kier alpha value is -2.09. The molecular weight excluding hydrogens is 368 g/mol. The van der Waals surface area contributed by atoms with Crippen LogP contribution >= 0.6 is 0 Å².